The van der Waals surface area contributed by atoms with Crippen LogP contribution in [-0.4, -0.2) is 33.0 Å². The summed E-state index contributed by atoms with van der Waals surface area (Å²) in [6.07, 6.45) is 10.8. The fourth-order valence-electron chi connectivity index (χ4n) is 9.04. The number of nitrogens with zero attached hydrogens (tertiary/aromatic N) is 1. The molecule has 1 aliphatic heterocycles. The van der Waals surface area contributed by atoms with Crippen molar-refractivity contribution in [3.05, 3.63) is 159 Å². The van der Waals surface area contributed by atoms with Crippen molar-refractivity contribution in [1.29, 1.82) is 0 Å². The van der Waals surface area contributed by atoms with E-state index in [1.807, 2.05) is 24.3 Å². The Morgan fingerprint density at radius 3 is 2.05 bits per heavy atom. The Bertz CT molecular complexity index is 2900. The van der Waals surface area contributed by atoms with E-state index in [1.165, 1.54) is 51.5 Å². The molecule has 0 spiro atoms. The molecule has 57 heavy (non-hydrogen) atoms. The predicted octanol–water partition coefficient (Wildman–Crippen LogP) is 7.85. The minimum Gasteiger partial charge on any atom is -0.744 e. The third-order valence-electron chi connectivity index (χ3n) is 11.7. The number of benzene rings is 5. The van der Waals surface area contributed by atoms with Gasteiger partial charge in [-0.2, -0.15) is 8.42 Å². The molecule has 286 valence electrons. The molecular weight excluding hydrogens is 798 g/mol. The van der Waals surface area contributed by atoms with Gasteiger partial charge in [0.05, 0.1) is 9.79 Å². The topological polar surface area (TPSA) is 115 Å². The Kier molecular flexibility index (Phi) is 11.2. The number of hydrogen-bond donors (Lipinski definition) is 1. The van der Waals surface area contributed by atoms with Crippen LogP contribution in [0.25, 0.3) is 27.1 Å². The summed E-state index contributed by atoms with van der Waals surface area (Å²) in [7, 11) is -6.83. The average molecular weight is 840 g/mol. The average Bonchev–Trinajstić information content (AvgIpc) is 3.68. The zero-order valence-corrected chi connectivity index (χ0v) is 38.6. The molecule has 0 atom stereocenters. The maximum Gasteiger partial charge on any atom is 1.00 e. The number of hydrogen-bond acceptors (Lipinski definition) is 7. The molecule has 0 saturated carbocycles. The van der Waals surface area contributed by atoms with Crippen molar-refractivity contribution in [2.24, 2.45) is 0 Å². The van der Waals surface area contributed by atoms with Crippen LogP contribution in [0.3, 0.4) is 0 Å². The summed E-state index contributed by atoms with van der Waals surface area (Å²) in [5, 5.41) is 3.38. The third kappa shape index (κ3) is 7.43. The van der Waals surface area contributed by atoms with E-state index < -0.39 is 25.7 Å². The molecule has 0 aromatic heterocycles. The van der Waals surface area contributed by atoms with Gasteiger partial charge in [-0.25, -0.2) is 8.42 Å². The van der Waals surface area contributed by atoms with Crippen LogP contribution in [-0.2, 0) is 31.1 Å². The molecule has 1 N–H and O–H groups in total. The summed E-state index contributed by atoms with van der Waals surface area (Å²) in [4.78, 5) is 4.25. The quantitative estimate of drug-likeness (QED) is 0.130. The second kappa shape index (κ2) is 15.2. The van der Waals surface area contributed by atoms with Gasteiger partial charge < -0.3 is 9.45 Å². The van der Waals surface area contributed by atoms with Gasteiger partial charge in [0.15, 0.2) is 0 Å². The Morgan fingerprint density at radius 1 is 0.754 bits per heavy atom. The van der Waals surface area contributed by atoms with E-state index in [4.69, 9.17) is 0 Å². The molecule has 5 aromatic carbocycles. The molecule has 3 aliphatic rings. The third-order valence-corrected chi connectivity index (χ3v) is 14.7. The van der Waals surface area contributed by atoms with Crippen LogP contribution >= 0.6 is 11.8 Å². The second-order valence-electron chi connectivity index (χ2n) is 15.8. The first-order valence-corrected chi connectivity index (χ1v) is 22.1. The summed E-state index contributed by atoms with van der Waals surface area (Å²) >= 11 is 1.78. The van der Waals surface area contributed by atoms with Gasteiger partial charge in [0, 0.05) is 39.1 Å². The van der Waals surface area contributed by atoms with Crippen molar-refractivity contribution in [1.82, 2.24) is 0 Å². The van der Waals surface area contributed by atoms with Crippen LogP contribution in [0, 0.1) is 0 Å². The molecule has 0 amide bonds. The van der Waals surface area contributed by atoms with Gasteiger partial charge in [0.1, 0.15) is 10.1 Å². The van der Waals surface area contributed by atoms with E-state index in [1.54, 1.807) is 23.9 Å². The maximum absolute atomic E-state index is 11.9. The van der Waals surface area contributed by atoms with E-state index in [2.05, 4.69) is 101 Å². The van der Waals surface area contributed by atoms with Gasteiger partial charge in [0.25, 0.3) is 10.1 Å². The van der Waals surface area contributed by atoms with Gasteiger partial charge in [-0.05, 0) is 129 Å². The Balaban J connectivity index is 0.00000496. The van der Waals surface area contributed by atoms with Crippen molar-refractivity contribution in [2.75, 3.05) is 11.9 Å². The van der Waals surface area contributed by atoms with E-state index in [-0.39, 0.29) is 66.6 Å². The van der Waals surface area contributed by atoms with E-state index in [9.17, 15) is 25.9 Å². The number of allylic oxidation sites excluding steroid dienone is 9. The number of likely N-dealkylation sites (N-methyl/N-ethyl adjacent to an activating group) is 1. The van der Waals surface area contributed by atoms with Gasteiger partial charge in [-0.15, -0.1) is 0 Å². The zero-order valence-electron chi connectivity index (χ0n) is 33.0. The normalized spacial score (nSPS) is 19.1. The van der Waals surface area contributed by atoms with Crippen LogP contribution in [0.5, 0.6) is 0 Å². The van der Waals surface area contributed by atoms with Gasteiger partial charge >= 0.3 is 51.4 Å². The number of anilines is 1. The smallest absolute Gasteiger partial charge is 0.744 e. The molecule has 1 heterocycles. The summed E-state index contributed by atoms with van der Waals surface area (Å²) in [6.45, 7) is 10.9. The standard InChI is InChI=1S/C46H43NO6S3.K/c1-28-36-20-14-31-26-34(55(48,49)50)18-21-37(31)42(36)45(2,3)39(28)23-15-29-12-13-30(44(29)54-33-10-8-7-9-11-33)17-25-41-46(4,5)43-38-22-19-35(56(51,52)53)27-32(38)16-24-40(43)47(41)6;/h7-11,14-27H,12-13H2,1-6H3,(H,48,49,50)(H,51,52,53);/q;+1/p-1/b23-15?,30-17+,41-25?;. The first-order valence-electron chi connectivity index (χ1n) is 18.5. The first kappa shape index (κ1) is 42.1. The minimum atomic E-state index is -4.57. The van der Waals surface area contributed by atoms with Crippen LogP contribution in [0.15, 0.2) is 157 Å². The van der Waals surface area contributed by atoms with Crippen molar-refractivity contribution in [3.8, 4) is 0 Å². The van der Waals surface area contributed by atoms with Crippen LogP contribution < -0.4 is 56.3 Å². The fourth-order valence-corrected chi connectivity index (χ4v) is 11.2. The largest absolute Gasteiger partial charge is 1.00 e. The summed E-state index contributed by atoms with van der Waals surface area (Å²) in [5.41, 5.74) is 9.68. The number of thioether (sulfide) groups is 1. The summed E-state index contributed by atoms with van der Waals surface area (Å²) < 4.78 is 68.8. The first-order chi connectivity index (χ1) is 26.4. The summed E-state index contributed by atoms with van der Waals surface area (Å²) in [5.74, 6) is 0. The van der Waals surface area contributed by atoms with Crippen molar-refractivity contribution in [3.63, 3.8) is 0 Å². The minimum absolute atomic E-state index is 0. The molecule has 8 rings (SSSR count). The molecule has 11 heteroatoms. The molecule has 7 nitrogen and oxygen atoms in total. The predicted molar refractivity (Wildman–Crippen MR) is 227 cm³/mol. The monoisotopic (exact) mass is 839 g/mol. The molecule has 0 radical (unpaired) electrons. The Morgan fingerprint density at radius 2 is 1.39 bits per heavy atom. The van der Waals surface area contributed by atoms with Crippen molar-refractivity contribution < 1.29 is 77.3 Å². The van der Waals surface area contributed by atoms with Crippen LogP contribution in [0.4, 0.5) is 5.69 Å². The van der Waals surface area contributed by atoms with Crippen LogP contribution in [0.1, 0.15) is 64.2 Å². The molecule has 0 saturated heterocycles. The Labute approximate surface area is 382 Å². The molecule has 5 aromatic rings. The van der Waals surface area contributed by atoms with Gasteiger partial charge in [-0.3, -0.25) is 4.55 Å². The molecule has 0 unspecified atom stereocenters. The zero-order chi connectivity index (χ0) is 39.9. The molecular formula is C46H42KNO6S3. The second-order valence-corrected chi connectivity index (χ2v) is 19.7. The SMILES string of the molecule is CC1=C(C=CC2=C(Sc3ccccc3)/C(=C/C=C3N(C)c4ccc5cc(S(=O)(=O)[O-])ccc5c4C3(C)C)CC2)C(C)(C)c2c1ccc1cc(S(=O)(=O)O)ccc21.[K+]. The van der Waals surface area contributed by atoms with E-state index >= 15 is 0 Å². The van der Waals surface area contributed by atoms with Crippen molar-refractivity contribution >= 4 is 64.8 Å². The van der Waals surface area contributed by atoms with Gasteiger partial charge in [0.2, 0.25) is 0 Å². The fraction of sp³-hybridized carbons (Fsp3) is 0.217. The van der Waals surface area contributed by atoms with Crippen molar-refractivity contribution in [2.45, 2.75) is 73.0 Å². The molecule has 0 bridgehead atoms. The maximum atomic E-state index is 11.9. The number of rotatable bonds is 7. The molecule has 0 fully saturated rings. The number of fused-ring (bicyclic) bond motifs is 6. The van der Waals surface area contributed by atoms with E-state index in [0.717, 1.165) is 67.4 Å². The van der Waals surface area contributed by atoms with Gasteiger partial charge in [-0.1, -0.05) is 106 Å². The van der Waals surface area contributed by atoms with E-state index in [0.29, 0.717) is 0 Å². The Hall–Kier alpha value is -3.07. The summed E-state index contributed by atoms with van der Waals surface area (Å²) in [6, 6.07) is 27.7. The molecule has 2 aliphatic carbocycles. The van der Waals surface area contributed by atoms with Crippen LogP contribution in [0.2, 0.25) is 0 Å².